The molecular formula is C22H22N8O4. The van der Waals surface area contributed by atoms with Crippen LogP contribution in [0.15, 0.2) is 42.9 Å². The Morgan fingerprint density at radius 3 is 2.44 bits per heavy atom. The summed E-state index contributed by atoms with van der Waals surface area (Å²) in [6.45, 7) is 1.31. The van der Waals surface area contributed by atoms with E-state index in [2.05, 4.69) is 30.3 Å². The number of methoxy groups -OCH3 is 2. The molecule has 1 aromatic carbocycles. The monoisotopic (exact) mass is 462 g/mol. The van der Waals surface area contributed by atoms with Crippen LogP contribution in [0.3, 0.4) is 0 Å². The molecule has 0 atom stereocenters. The Labute approximate surface area is 194 Å². The number of aromatic nitrogens is 7. The summed E-state index contributed by atoms with van der Waals surface area (Å²) in [6.07, 6.45) is 4.64. The van der Waals surface area contributed by atoms with Gasteiger partial charge in [0.25, 0.3) is 0 Å². The molecule has 0 aliphatic carbocycles. The molecule has 4 heterocycles. The molecule has 174 valence electrons. The van der Waals surface area contributed by atoms with Gasteiger partial charge >= 0.3 is 11.9 Å². The number of fused-ring (bicyclic) bond motifs is 1. The van der Waals surface area contributed by atoms with Gasteiger partial charge in [-0.1, -0.05) is 23.4 Å². The van der Waals surface area contributed by atoms with Crippen molar-refractivity contribution in [3.8, 4) is 5.69 Å². The second-order valence-electron chi connectivity index (χ2n) is 7.76. The first-order valence-corrected chi connectivity index (χ1v) is 10.7. The third-order valence-electron chi connectivity index (χ3n) is 5.91. The highest BCUT2D eigenvalue weighted by Crippen LogP contribution is 2.30. The zero-order chi connectivity index (χ0) is 23.7. The van der Waals surface area contributed by atoms with Crippen molar-refractivity contribution in [1.29, 1.82) is 0 Å². The van der Waals surface area contributed by atoms with Crippen molar-refractivity contribution in [1.82, 2.24) is 34.7 Å². The molecule has 0 bridgehead atoms. The minimum absolute atomic E-state index is 0.00126. The first kappa shape index (κ1) is 21.5. The maximum Gasteiger partial charge on any atom is 0.361 e. The third kappa shape index (κ3) is 3.62. The van der Waals surface area contributed by atoms with Crippen LogP contribution in [0.4, 0.5) is 5.82 Å². The van der Waals surface area contributed by atoms with Gasteiger partial charge in [0.15, 0.2) is 11.3 Å². The lowest BCUT2D eigenvalue weighted by Crippen LogP contribution is -2.36. The Balaban J connectivity index is 1.40. The Morgan fingerprint density at radius 1 is 1.00 bits per heavy atom. The van der Waals surface area contributed by atoms with E-state index < -0.39 is 11.9 Å². The zero-order valence-corrected chi connectivity index (χ0v) is 18.7. The van der Waals surface area contributed by atoms with E-state index >= 15 is 0 Å². The number of ether oxygens (including phenoxy) is 2. The lowest BCUT2D eigenvalue weighted by atomic mass is 10.0. The Bertz CT molecular complexity index is 1340. The maximum atomic E-state index is 12.4. The summed E-state index contributed by atoms with van der Waals surface area (Å²) in [5.41, 5.74) is 1.50. The molecule has 1 aliphatic rings. The van der Waals surface area contributed by atoms with Crippen LogP contribution in [0.1, 0.15) is 39.9 Å². The van der Waals surface area contributed by atoms with Crippen LogP contribution in [0.2, 0.25) is 0 Å². The summed E-state index contributed by atoms with van der Waals surface area (Å²) >= 11 is 0. The largest absolute Gasteiger partial charge is 0.464 e. The molecule has 0 saturated carbocycles. The number of anilines is 1. The van der Waals surface area contributed by atoms with E-state index in [-0.39, 0.29) is 17.4 Å². The normalized spacial score (nSPS) is 14.4. The zero-order valence-electron chi connectivity index (χ0n) is 18.7. The van der Waals surface area contributed by atoms with Crippen LogP contribution in [-0.4, -0.2) is 74.0 Å². The fraction of sp³-hybridized carbons (Fsp3) is 0.318. The number of para-hydroxylation sites is 1. The van der Waals surface area contributed by atoms with Crippen molar-refractivity contribution >= 4 is 28.8 Å². The third-order valence-corrected chi connectivity index (χ3v) is 5.91. The quantitative estimate of drug-likeness (QED) is 0.405. The molecular weight excluding hydrogens is 440 g/mol. The fourth-order valence-corrected chi connectivity index (χ4v) is 4.23. The van der Waals surface area contributed by atoms with Crippen molar-refractivity contribution in [2.75, 3.05) is 32.2 Å². The lowest BCUT2D eigenvalue weighted by Gasteiger charge is -2.33. The number of hydrogen-bond donors (Lipinski definition) is 0. The summed E-state index contributed by atoms with van der Waals surface area (Å²) in [5.74, 6) is -0.616. The molecule has 5 rings (SSSR count). The van der Waals surface area contributed by atoms with E-state index in [0.29, 0.717) is 25.9 Å². The number of piperidine rings is 1. The molecule has 1 aliphatic heterocycles. The molecule has 4 aromatic rings. The van der Waals surface area contributed by atoms with E-state index in [1.54, 1.807) is 17.2 Å². The minimum atomic E-state index is -0.733. The number of hydrogen-bond acceptors (Lipinski definition) is 10. The van der Waals surface area contributed by atoms with Gasteiger partial charge in [0, 0.05) is 13.1 Å². The van der Waals surface area contributed by atoms with Crippen LogP contribution in [-0.2, 0) is 9.47 Å². The maximum absolute atomic E-state index is 12.4. The van der Waals surface area contributed by atoms with E-state index in [1.165, 1.54) is 18.9 Å². The lowest BCUT2D eigenvalue weighted by molar-refractivity contribution is 0.0540. The number of carbonyl (C=O) groups excluding carboxylic acids is 2. The SMILES string of the molecule is COC(=O)c1nnn(C2CCN(c3ncnc4c3cnn4-c3ccccc3)CC2)c1C(=O)OC. The van der Waals surface area contributed by atoms with Gasteiger partial charge in [-0.05, 0) is 25.0 Å². The number of rotatable bonds is 5. The molecule has 1 saturated heterocycles. The van der Waals surface area contributed by atoms with Crippen LogP contribution in [0, 0.1) is 0 Å². The minimum Gasteiger partial charge on any atom is -0.464 e. The van der Waals surface area contributed by atoms with Gasteiger partial charge in [0.1, 0.15) is 12.1 Å². The highest BCUT2D eigenvalue weighted by atomic mass is 16.5. The first-order valence-electron chi connectivity index (χ1n) is 10.7. The molecule has 0 unspecified atom stereocenters. The molecule has 0 spiro atoms. The summed E-state index contributed by atoms with van der Waals surface area (Å²) < 4.78 is 12.8. The van der Waals surface area contributed by atoms with E-state index in [1.807, 2.05) is 30.3 Å². The molecule has 0 radical (unpaired) electrons. The van der Waals surface area contributed by atoms with Crippen molar-refractivity contribution in [3.63, 3.8) is 0 Å². The highest BCUT2D eigenvalue weighted by Gasteiger charge is 2.32. The van der Waals surface area contributed by atoms with E-state index in [4.69, 9.17) is 9.47 Å². The predicted octanol–water partition coefficient (Wildman–Crippen LogP) is 1.82. The van der Waals surface area contributed by atoms with Crippen LogP contribution in [0.25, 0.3) is 16.7 Å². The van der Waals surface area contributed by atoms with Crippen LogP contribution in [0.5, 0.6) is 0 Å². The van der Waals surface area contributed by atoms with Crippen molar-refractivity contribution in [2.24, 2.45) is 0 Å². The molecule has 12 nitrogen and oxygen atoms in total. The second-order valence-corrected chi connectivity index (χ2v) is 7.76. The highest BCUT2D eigenvalue weighted by molar-refractivity contribution is 6.00. The Hall–Kier alpha value is -4.35. The van der Waals surface area contributed by atoms with Gasteiger partial charge in [0.05, 0.1) is 37.5 Å². The molecule has 0 N–H and O–H groups in total. The van der Waals surface area contributed by atoms with Gasteiger partial charge in [0.2, 0.25) is 5.69 Å². The number of carbonyl (C=O) groups is 2. The fourth-order valence-electron chi connectivity index (χ4n) is 4.23. The molecule has 3 aromatic heterocycles. The van der Waals surface area contributed by atoms with E-state index in [0.717, 1.165) is 22.5 Å². The number of nitrogens with zero attached hydrogens (tertiary/aromatic N) is 8. The molecule has 12 heteroatoms. The Kier molecular flexibility index (Phi) is 5.62. The average Bonchev–Trinajstić information content (AvgIpc) is 3.53. The van der Waals surface area contributed by atoms with Gasteiger partial charge in [-0.15, -0.1) is 5.10 Å². The summed E-state index contributed by atoms with van der Waals surface area (Å²) in [4.78, 5) is 35.5. The first-order chi connectivity index (χ1) is 16.6. The molecule has 34 heavy (non-hydrogen) atoms. The van der Waals surface area contributed by atoms with Crippen molar-refractivity contribution < 1.29 is 19.1 Å². The average molecular weight is 462 g/mol. The summed E-state index contributed by atoms with van der Waals surface area (Å²) in [6, 6.07) is 9.66. The smallest absolute Gasteiger partial charge is 0.361 e. The summed E-state index contributed by atoms with van der Waals surface area (Å²) in [7, 11) is 2.47. The van der Waals surface area contributed by atoms with Crippen molar-refractivity contribution in [3.05, 3.63) is 54.2 Å². The van der Waals surface area contributed by atoms with Crippen LogP contribution < -0.4 is 4.90 Å². The van der Waals surface area contributed by atoms with Gasteiger partial charge in [-0.25, -0.2) is 28.9 Å². The van der Waals surface area contributed by atoms with Gasteiger partial charge in [-0.3, -0.25) is 0 Å². The molecule has 0 amide bonds. The predicted molar refractivity (Wildman–Crippen MR) is 120 cm³/mol. The Morgan fingerprint density at radius 2 is 1.74 bits per heavy atom. The standard InChI is InChI=1S/C22H22N8O4/c1-33-21(31)17-18(22(32)34-2)29(27-26-17)15-8-10-28(11-9-15)19-16-12-25-30(20(16)24-13-23-19)14-6-4-3-5-7-14/h3-7,12-13,15H,8-11H2,1-2H3. The topological polar surface area (TPSA) is 130 Å². The van der Waals surface area contributed by atoms with Gasteiger partial charge in [-0.2, -0.15) is 5.10 Å². The number of benzene rings is 1. The van der Waals surface area contributed by atoms with E-state index in [9.17, 15) is 9.59 Å². The number of esters is 2. The van der Waals surface area contributed by atoms with Gasteiger partial charge < -0.3 is 14.4 Å². The molecule has 1 fully saturated rings. The van der Waals surface area contributed by atoms with Crippen molar-refractivity contribution in [2.45, 2.75) is 18.9 Å². The van der Waals surface area contributed by atoms with Crippen LogP contribution >= 0.6 is 0 Å². The second kappa shape index (κ2) is 8.89. The summed E-state index contributed by atoms with van der Waals surface area (Å²) in [5, 5.41) is 13.3.